The summed E-state index contributed by atoms with van der Waals surface area (Å²) in [6.45, 7) is 0. The summed E-state index contributed by atoms with van der Waals surface area (Å²) in [5.41, 5.74) is 1.21. The van der Waals surface area contributed by atoms with Crippen LogP contribution in [-0.2, 0) is 22.3 Å². The first-order valence-electron chi connectivity index (χ1n) is 6.98. The SMILES string of the molecule is CS(=O)(=Nc1ccc(Cc2noc(C(F)(F)F)n2)cc1)c1cccs1. The second-order valence-electron chi connectivity index (χ2n) is 5.18. The summed E-state index contributed by atoms with van der Waals surface area (Å²) in [5.74, 6) is -1.43. The fourth-order valence-corrected chi connectivity index (χ4v) is 4.41. The van der Waals surface area contributed by atoms with E-state index in [0.717, 1.165) is 0 Å². The van der Waals surface area contributed by atoms with Crippen LogP contribution >= 0.6 is 11.3 Å². The molecule has 0 radical (unpaired) electrons. The second kappa shape index (κ2) is 6.60. The van der Waals surface area contributed by atoms with Crippen LogP contribution in [0.5, 0.6) is 0 Å². The predicted molar refractivity (Wildman–Crippen MR) is 87.3 cm³/mol. The highest BCUT2D eigenvalue weighted by Gasteiger charge is 2.38. The molecule has 2 heterocycles. The minimum atomic E-state index is -4.66. The van der Waals surface area contributed by atoms with Crippen molar-refractivity contribution in [2.24, 2.45) is 4.36 Å². The number of aromatic nitrogens is 2. The van der Waals surface area contributed by atoms with E-state index < -0.39 is 21.8 Å². The zero-order chi connectivity index (χ0) is 18.1. The van der Waals surface area contributed by atoms with Gasteiger partial charge in [-0.2, -0.15) is 22.5 Å². The van der Waals surface area contributed by atoms with Crippen LogP contribution in [0.1, 0.15) is 17.3 Å². The van der Waals surface area contributed by atoms with Gasteiger partial charge in [0, 0.05) is 12.7 Å². The smallest absolute Gasteiger partial charge is 0.329 e. The quantitative estimate of drug-likeness (QED) is 0.660. The van der Waals surface area contributed by atoms with Crippen molar-refractivity contribution < 1.29 is 21.9 Å². The number of hydrogen-bond acceptors (Lipinski definition) is 6. The molecule has 3 aromatic rings. The summed E-state index contributed by atoms with van der Waals surface area (Å²) >= 11 is 1.37. The standard InChI is InChI=1S/C15H12F3N3O2S2/c1-25(22,13-3-2-8-24-13)21-11-6-4-10(5-7-11)9-12-19-14(23-20-12)15(16,17)18/h2-8H,9H2,1H3. The number of thiophene rings is 1. The van der Waals surface area contributed by atoms with Crippen molar-refractivity contribution in [2.75, 3.05) is 6.26 Å². The molecule has 0 fully saturated rings. The molecule has 132 valence electrons. The van der Waals surface area contributed by atoms with Gasteiger partial charge in [0.05, 0.1) is 19.6 Å². The Morgan fingerprint density at radius 3 is 2.52 bits per heavy atom. The Bertz CT molecular complexity index is 970. The van der Waals surface area contributed by atoms with Crippen LogP contribution in [0.25, 0.3) is 0 Å². The van der Waals surface area contributed by atoms with E-state index in [9.17, 15) is 17.4 Å². The van der Waals surface area contributed by atoms with E-state index in [0.29, 0.717) is 15.5 Å². The molecule has 2 aromatic heterocycles. The third-order valence-corrected chi connectivity index (χ3v) is 6.48. The van der Waals surface area contributed by atoms with Crippen molar-refractivity contribution in [2.45, 2.75) is 16.8 Å². The minimum absolute atomic E-state index is 0.0603. The lowest BCUT2D eigenvalue weighted by Crippen LogP contribution is -2.05. The third kappa shape index (κ3) is 4.26. The average molecular weight is 387 g/mol. The molecule has 0 aliphatic heterocycles. The Morgan fingerprint density at radius 2 is 1.96 bits per heavy atom. The number of benzene rings is 1. The Labute approximate surface area is 145 Å². The lowest BCUT2D eigenvalue weighted by molar-refractivity contribution is -0.159. The molecule has 0 aliphatic carbocycles. The van der Waals surface area contributed by atoms with Gasteiger partial charge in [-0.3, -0.25) is 0 Å². The summed E-state index contributed by atoms with van der Waals surface area (Å²) in [4.78, 5) is 3.32. The lowest BCUT2D eigenvalue weighted by Gasteiger charge is -2.02. The molecule has 3 rings (SSSR count). The minimum Gasteiger partial charge on any atom is -0.329 e. The Morgan fingerprint density at radius 1 is 1.24 bits per heavy atom. The number of rotatable bonds is 4. The van der Waals surface area contributed by atoms with Crippen molar-refractivity contribution in [3.8, 4) is 0 Å². The van der Waals surface area contributed by atoms with E-state index >= 15 is 0 Å². The molecular weight excluding hydrogens is 375 g/mol. The molecule has 1 aromatic carbocycles. The van der Waals surface area contributed by atoms with E-state index in [2.05, 4.69) is 19.0 Å². The van der Waals surface area contributed by atoms with Gasteiger partial charge in [-0.15, -0.1) is 11.3 Å². The van der Waals surface area contributed by atoms with Crippen LogP contribution in [0, 0.1) is 0 Å². The molecule has 0 bridgehead atoms. The molecule has 1 unspecified atom stereocenters. The molecule has 0 saturated heterocycles. The third-order valence-electron chi connectivity index (χ3n) is 3.16. The van der Waals surface area contributed by atoms with Crippen molar-refractivity contribution in [1.82, 2.24) is 10.1 Å². The molecule has 25 heavy (non-hydrogen) atoms. The van der Waals surface area contributed by atoms with Gasteiger partial charge in [-0.1, -0.05) is 23.4 Å². The van der Waals surface area contributed by atoms with E-state index in [1.165, 1.54) is 11.3 Å². The molecule has 0 spiro atoms. The first-order chi connectivity index (χ1) is 11.7. The Kier molecular flexibility index (Phi) is 4.65. The second-order valence-corrected chi connectivity index (χ2v) is 8.62. The van der Waals surface area contributed by atoms with Crippen molar-refractivity contribution >= 4 is 26.8 Å². The Balaban J connectivity index is 1.77. The van der Waals surface area contributed by atoms with Crippen LogP contribution < -0.4 is 0 Å². The van der Waals surface area contributed by atoms with Crippen molar-refractivity contribution in [3.05, 3.63) is 59.1 Å². The summed E-state index contributed by atoms with van der Waals surface area (Å²) in [5, 5.41) is 5.15. The molecule has 0 N–H and O–H groups in total. The van der Waals surface area contributed by atoms with Crippen LogP contribution in [0.4, 0.5) is 18.9 Å². The highest BCUT2D eigenvalue weighted by molar-refractivity contribution is 7.95. The van der Waals surface area contributed by atoms with Gasteiger partial charge in [0.2, 0.25) is 0 Å². The first kappa shape index (κ1) is 17.6. The summed E-state index contributed by atoms with van der Waals surface area (Å²) in [7, 11) is -2.53. The van der Waals surface area contributed by atoms with E-state index in [-0.39, 0.29) is 12.2 Å². The summed E-state index contributed by atoms with van der Waals surface area (Å²) in [6, 6.07) is 10.2. The molecule has 0 amide bonds. The summed E-state index contributed by atoms with van der Waals surface area (Å²) < 4.78 is 59.0. The largest absolute Gasteiger partial charge is 0.471 e. The fourth-order valence-electron chi connectivity index (χ4n) is 2.02. The van der Waals surface area contributed by atoms with Gasteiger partial charge in [-0.25, -0.2) is 4.21 Å². The summed E-state index contributed by atoms with van der Waals surface area (Å²) in [6.07, 6.45) is -3.01. The maximum Gasteiger partial charge on any atom is 0.471 e. The van der Waals surface area contributed by atoms with Crippen molar-refractivity contribution in [3.63, 3.8) is 0 Å². The monoisotopic (exact) mass is 387 g/mol. The van der Waals surface area contributed by atoms with Crippen LogP contribution in [0.3, 0.4) is 0 Å². The van der Waals surface area contributed by atoms with Crippen LogP contribution in [0.15, 0.2) is 54.9 Å². The van der Waals surface area contributed by atoms with Gasteiger partial charge in [0.1, 0.15) is 0 Å². The zero-order valence-corrected chi connectivity index (χ0v) is 14.5. The van der Waals surface area contributed by atoms with Gasteiger partial charge < -0.3 is 4.52 Å². The van der Waals surface area contributed by atoms with Crippen LogP contribution in [-0.4, -0.2) is 20.6 Å². The Hall–Kier alpha value is -2.20. The number of hydrogen-bond donors (Lipinski definition) is 0. The van der Waals surface area contributed by atoms with Gasteiger partial charge in [0.25, 0.3) is 0 Å². The fraction of sp³-hybridized carbons (Fsp3) is 0.200. The van der Waals surface area contributed by atoms with E-state index in [1.54, 1.807) is 36.6 Å². The maximum absolute atomic E-state index is 12.6. The number of nitrogens with zero attached hydrogens (tertiary/aromatic N) is 3. The highest BCUT2D eigenvalue weighted by Crippen LogP contribution is 2.28. The topological polar surface area (TPSA) is 68.3 Å². The predicted octanol–water partition coefficient (Wildman–Crippen LogP) is 4.53. The van der Waals surface area contributed by atoms with Crippen LogP contribution in [0.2, 0.25) is 0 Å². The highest BCUT2D eigenvalue weighted by atomic mass is 32.2. The molecule has 0 aliphatic rings. The number of alkyl halides is 3. The maximum atomic E-state index is 12.6. The molecular formula is C15H12F3N3O2S2. The van der Waals surface area contributed by atoms with E-state index in [1.807, 2.05) is 11.4 Å². The van der Waals surface area contributed by atoms with Gasteiger partial charge >= 0.3 is 12.1 Å². The van der Waals surface area contributed by atoms with Gasteiger partial charge in [0.15, 0.2) is 5.82 Å². The number of halogens is 3. The molecule has 1 atom stereocenters. The molecule has 10 heteroatoms. The molecule has 0 saturated carbocycles. The first-order valence-corrected chi connectivity index (χ1v) is 9.79. The normalized spacial score (nSPS) is 14.2. The zero-order valence-electron chi connectivity index (χ0n) is 12.9. The van der Waals surface area contributed by atoms with Gasteiger partial charge in [-0.05, 0) is 29.1 Å². The van der Waals surface area contributed by atoms with Crippen molar-refractivity contribution in [1.29, 1.82) is 0 Å². The molecule has 5 nitrogen and oxygen atoms in total. The van der Waals surface area contributed by atoms with E-state index in [4.69, 9.17) is 0 Å². The average Bonchev–Trinajstić information content (AvgIpc) is 3.19. The lowest BCUT2D eigenvalue weighted by atomic mass is 10.1.